The lowest BCUT2D eigenvalue weighted by Crippen LogP contribution is -2.38. The lowest BCUT2D eigenvalue weighted by molar-refractivity contribution is -0.128. The molecule has 0 radical (unpaired) electrons. The largest absolute Gasteiger partial charge is 0.354 e. The molecule has 0 saturated carbocycles. The van der Waals surface area contributed by atoms with E-state index in [0.29, 0.717) is 11.5 Å². The van der Waals surface area contributed by atoms with E-state index >= 15 is 0 Å². The Bertz CT molecular complexity index is 868. The van der Waals surface area contributed by atoms with Crippen molar-refractivity contribution >= 4 is 15.7 Å². The van der Waals surface area contributed by atoms with Crippen LogP contribution in [0.1, 0.15) is 56.9 Å². The normalized spacial score (nSPS) is 13.4. The fourth-order valence-corrected chi connectivity index (χ4v) is 4.27. The van der Waals surface area contributed by atoms with E-state index < -0.39 is 20.5 Å². The van der Waals surface area contributed by atoms with Gasteiger partial charge in [-0.1, -0.05) is 52.8 Å². The van der Waals surface area contributed by atoms with E-state index in [-0.39, 0.29) is 17.3 Å². The minimum absolute atomic E-state index is 0.00391. The number of hydrogen-bond donors (Lipinski definition) is 1. The summed E-state index contributed by atoms with van der Waals surface area (Å²) in [5, 5.41) is 1.88. The van der Waals surface area contributed by atoms with Crippen LogP contribution in [0.4, 0.5) is 0 Å². The fourth-order valence-electron chi connectivity index (χ4n) is 2.63. The van der Waals surface area contributed by atoms with Crippen LogP contribution < -0.4 is 5.32 Å². The van der Waals surface area contributed by atoms with Crippen LogP contribution in [-0.4, -0.2) is 25.9 Å². The van der Waals surface area contributed by atoms with Crippen LogP contribution in [0.25, 0.3) is 0 Å². The topological polar surface area (TPSA) is 76.1 Å². The highest BCUT2D eigenvalue weighted by Crippen LogP contribution is 2.29. The second-order valence-corrected chi connectivity index (χ2v) is 10.1. The van der Waals surface area contributed by atoms with Crippen LogP contribution in [0.15, 0.2) is 53.7 Å². The molecule has 0 spiro atoms. The maximum Gasteiger partial charge on any atom is 0.225 e. The SMILES string of the molecule is CC(C)c1ccc(S(=O)(=O)[C@@H](CNC(=O)C(C)(C)C)c2cccnc2)cc1. The van der Waals surface area contributed by atoms with Gasteiger partial charge < -0.3 is 5.32 Å². The Morgan fingerprint density at radius 2 is 1.70 bits per heavy atom. The number of carbonyl (C=O) groups is 1. The van der Waals surface area contributed by atoms with Crippen LogP contribution >= 0.6 is 0 Å². The van der Waals surface area contributed by atoms with Gasteiger partial charge in [-0.05, 0) is 35.2 Å². The molecule has 5 nitrogen and oxygen atoms in total. The first kappa shape index (κ1) is 21.1. The van der Waals surface area contributed by atoms with Crippen molar-refractivity contribution in [3.63, 3.8) is 0 Å². The third kappa shape index (κ3) is 5.16. The van der Waals surface area contributed by atoms with Gasteiger partial charge in [0.15, 0.2) is 9.84 Å². The highest BCUT2D eigenvalue weighted by Gasteiger charge is 2.31. The number of nitrogens with zero attached hydrogens (tertiary/aromatic N) is 1. The van der Waals surface area contributed by atoms with E-state index in [1.54, 1.807) is 51.2 Å². The van der Waals surface area contributed by atoms with Gasteiger partial charge in [-0.2, -0.15) is 0 Å². The van der Waals surface area contributed by atoms with E-state index in [1.807, 2.05) is 12.1 Å². The molecule has 2 aromatic rings. The minimum Gasteiger partial charge on any atom is -0.354 e. The van der Waals surface area contributed by atoms with Crippen LogP contribution in [0, 0.1) is 5.41 Å². The Morgan fingerprint density at radius 3 is 2.19 bits per heavy atom. The summed E-state index contributed by atoms with van der Waals surface area (Å²) in [6.45, 7) is 9.49. The third-order valence-electron chi connectivity index (χ3n) is 4.44. The molecule has 1 aromatic carbocycles. The van der Waals surface area contributed by atoms with E-state index in [2.05, 4.69) is 24.1 Å². The first-order valence-electron chi connectivity index (χ1n) is 9.05. The fraction of sp³-hybridized carbons (Fsp3) is 0.429. The van der Waals surface area contributed by atoms with Crippen molar-refractivity contribution in [1.29, 1.82) is 0 Å². The molecule has 1 N–H and O–H groups in total. The number of pyridine rings is 1. The van der Waals surface area contributed by atoms with E-state index in [1.165, 1.54) is 6.20 Å². The Hall–Kier alpha value is -2.21. The van der Waals surface area contributed by atoms with Crippen molar-refractivity contribution < 1.29 is 13.2 Å². The summed E-state index contributed by atoms with van der Waals surface area (Å²) in [5.74, 6) is 0.128. The lowest BCUT2D eigenvalue weighted by Gasteiger charge is -2.22. The van der Waals surface area contributed by atoms with Crippen molar-refractivity contribution in [2.75, 3.05) is 6.54 Å². The highest BCUT2D eigenvalue weighted by atomic mass is 32.2. The molecule has 2 rings (SSSR count). The number of sulfone groups is 1. The predicted octanol–water partition coefficient (Wildman–Crippen LogP) is 3.88. The summed E-state index contributed by atoms with van der Waals surface area (Å²) in [4.78, 5) is 16.6. The first-order valence-corrected chi connectivity index (χ1v) is 10.6. The Kier molecular flexibility index (Phi) is 6.42. The lowest BCUT2D eigenvalue weighted by atomic mass is 9.95. The average molecular weight is 389 g/mol. The van der Waals surface area contributed by atoms with E-state index in [9.17, 15) is 13.2 Å². The number of hydrogen-bond acceptors (Lipinski definition) is 4. The minimum atomic E-state index is -3.69. The number of amides is 1. The van der Waals surface area contributed by atoms with Crippen molar-refractivity contribution in [3.05, 3.63) is 59.9 Å². The quantitative estimate of drug-likeness (QED) is 0.815. The second kappa shape index (κ2) is 8.21. The zero-order chi connectivity index (χ0) is 20.2. The van der Waals surface area contributed by atoms with Crippen LogP contribution in [0.5, 0.6) is 0 Å². The Morgan fingerprint density at radius 1 is 1.07 bits per heavy atom. The van der Waals surface area contributed by atoms with Crippen molar-refractivity contribution in [1.82, 2.24) is 10.3 Å². The molecule has 0 bridgehead atoms. The molecule has 1 heterocycles. The van der Waals surface area contributed by atoms with Gasteiger partial charge in [0.1, 0.15) is 5.25 Å². The van der Waals surface area contributed by atoms with Gasteiger partial charge >= 0.3 is 0 Å². The third-order valence-corrected chi connectivity index (χ3v) is 6.55. The zero-order valence-corrected chi connectivity index (χ0v) is 17.4. The summed E-state index contributed by atoms with van der Waals surface area (Å²) in [5.41, 5.74) is 1.04. The Balaban J connectivity index is 2.38. The molecule has 0 aliphatic rings. The molecule has 0 saturated heterocycles. The number of aromatic nitrogens is 1. The molecule has 0 aliphatic heterocycles. The molecule has 1 amide bonds. The first-order chi connectivity index (χ1) is 12.5. The summed E-state index contributed by atoms with van der Waals surface area (Å²) in [6.07, 6.45) is 3.13. The van der Waals surface area contributed by atoms with E-state index in [4.69, 9.17) is 0 Å². The van der Waals surface area contributed by atoms with Crippen molar-refractivity contribution in [2.24, 2.45) is 5.41 Å². The van der Waals surface area contributed by atoms with Gasteiger partial charge in [0.05, 0.1) is 4.90 Å². The van der Waals surface area contributed by atoms with Crippen molar-refractivity contribution in [2.45, 2.75) is 50.7 Å². The number of benzene rings is 1. The van der Waals surface area contributed by atoms with Gasteiger partial charge in [-0.25, -0.2) is 8.42 Å². The van der Waals surface area contributed by atoms with Gasteiger partial charge in [-0.3, -0.25) is 9.78 Å². The van der Waals surface area contributed by atoms with Crippen LogP contribution in [-0.2, 0) is 14.6 Å². The smallest absolute Gasteiger partial charge is 0.225 e. The number of rotatable bonds is 6. The highest BCUT2D eigenvalue weighted by molar-refractivity contribution is 7.91. The number of nitrogens with one attached hydrogen (secondary N) is 1. The monoisotopic (exact) mass is 388 g/mol. The van der Waals surface area contributed by atoms with Crippen molar-refractivity contribution in [3.8, 4) is 0 Å². The number of carbonyl (C=O) groups excluding carboxylic acids is 1. The Labute approximate surface area is 162 Å². The average Bonchev–Trinajstić information content (AvgIpc) is 2.61. The van der Waals surface area contributed by atoms with Gasteiger partial charge in [-0.15, -0.1) is 0 Å². The predicted molar refractivity (Wildman–Crippen MR) is 107 cm³/mol. The molecule has 0 aliphatic carbocycles. The molecule has 27 heavy (non-hydrogen) atoms. The zero-order valence-electron chi connectivity index (χ0n) is 16.6. The standard InChI is InChI=1S/C21H28N2O3S/c1-15(2)16-8-10-18(11-9-16)27(25,26)19(17-7-6-12-22-13-17)14-23-20(24)21(3,4)5/h6-13,15,19H,14H2,1-5H3,(H,23,24)/t19-/m0/s1. The van der Waals surface area contributed by atoms with E-state index in [0.717, 1.165) is 5.56 Å². The molecule has 1 atom stereocenters. The molecular formula is C21H28N2O3S. The summed E-state index contributed by atoms with van der Waals surface area (Å²) >= 11 is 0. The second-order valence-electron chi connectivity index (χ2n) is 8.00. The van der Waals surface area contributed by atoms with Gasteiger partial charge in [0, 0.05) is 24.4 Å². The van der Waals surface area contributed by atoms with Gasteiger partial charge in [0.2, 0.25) is 5.91 Å². The molecule has 0 unspecified atom stereocenters. The maximum atomic E-state index is 13.3. The molecule has 146 valence electrons. The summed E-state index contributed by atoms with van der Waals surface area (Å²) < 4.78 is 26.6. The van der Waals surface area contributed by atoms with Crippen LogP contribution in [0.2, 0.25) is 0 Å². The van der Waals surface area contributed by atoms with Crippen LogP contribution in [0.3, 0.4) is 0 Å². The summed E-state index contributed by atoms with van der Waals surface area (Å²) in [7, 11) is -3.69. The molecule has 1 aromatic heterocycles. The molecular weight excluding hydrogens is 360 g/mol. The van der Waals surface area contributed by atoms with Gasteiger partial charge in [0.25, 0.3) is 0 Å². The molecule has 0 fully saturated rings. The molecule has 6 heteroatoms. The summed E-state index contributed by atoms with van der Waals surface area (Å²) in [6, 6.07) is 10.4. The maximum absolute atomic E-state index is 13.3.